The molecule has 3 rings (SSSR count). The van der Waals surface area contributed by atoms with E-state index in [1.807, 2.05) is 0 Å². The highest BCUT2D eigenvalue weighted by molar-refractivity contribution is 6.30. The summed E-state index contributed by atoms with van der Waals surface area (Å²) in [6, 6.07) is 9.55. The molecule has 10 heteroatoms. The molecule has 3 aromatic rings. The standard InChI is InChI=1S/C16H11ClFN5O3/c1-9-15(21-22(20-9)11-4-2-3-10(17)7-11)16(24)19-14-8-12(23(25)26)5-6-13(14)18/h2-8H,1H3,(H,19,24). The summed E-state index contributed by atoms with van der Waals surface area (Å²) >= 11 is 5.92. The van der Waals surface area contributed by atoms with Crippen LogP contribution >= 0.6 is 11.6 Å². The minimum atomic E-state index is -0.802. The number of aryl methyl sites for hydroxylation is 1. The van der Waals surface area contributed by atoms with Crippen molar-refractivity contribution < 1.29 is 14.1 Å². The predicted octanol–water partition coefficient (Wildman–Crippen LogP) is 3.53. The van der Waals surface area contributed by atoms with E-state index in [-0.39, 0.29) is 17.1 Å². The SMILES string of the molecule is Cc1nn(-c2cccc(Cl)c2)nc1C(=O)Nc1cc([N+](=O)[O-])ccc1F. The van der Waals surface area contributed by atoms with Gasteiger partial charge in [0.15, 0.2) is 5.69 Å². The van der Waals surface area contributed by atoms with Gasteiger partial charge in [0, 0.05) is 17.2 Å². The maximum atomic E-state index is 13.8. The lowest BCUT2D eigenvalue weighted by atomic mass is 10.2. The molecule has 0 aliphatic rings. The van der Waals surface area contributed by atoms with E-state index in [4.69, 9.17) is 11.6 Å². The Labute approximate surface area is 151 Å². The van der Waals surface area contributed by atoms with Crippen molar-refractivity contribution >= 4 is 28.9 Å². The smallest absolute Gasteiger partial charge is 0.278 e. The highest BCUT2D eigenvalue weighted by atomic mass is 35.5. The number of nitrogens with zero attached hydrogens (tertiary/aromatic N) is 4. The Hall–Kier alpha value is -3.33. The molecule has 1 N–H and O–H groups in total. The van der Waals surface area contributed by atoms with Gasteiger partial charge >= 0.3 is 0 Å². The molecule has 0 bridgehead atoms. The Morgan fingerprint density at radius 1 is 1.27 bits per heavy atom. The van der Waals surface area contributed by atoms with Crippen molar-refractivity contribution in [1.82, 2.24) is 15.0 Å². The number of hydrogen-bond donors (Lipinski definition) is 1. The molecule has 0 aliphatic heterocycles. The molecule has 1 amide bonds. The topological polar surface area (TPSA) is 103 Å². The number of nitro groups is 1. The third kappa shape index (κ3) is 3.52. The number of nitrogens with one attached hydrogen (secondary N) is 1. The third-order valence-electron chi connectivity index (χ3n) is 3.45. The molecule has 0 saturated heterocycles. The van der Waals surface area contributed by atoms with Gasteiger partial charge in [0.1, 0.15) is 5.82 Å². The number of hydrogen-bond acceptors (Lipinski definition) is 5. The Kier molecular flexibility index (Phi) is 4.63. The van der Waals surface area contributed by atoms with Crippen molar-refractivity contribution in [2.75, 3.05) is 5.32 Å². The summed E-state index contributed by atoms with van der Waals surface area (Å²) in [5, 5.41) is 21.8. The van der Waals surface area contributed by atoms with E-state index in [0.29, 0.717) is 16.4 Å². The first-order chi connectivity index (χ1) is 12.3. The Morgan fingerprint density at radius 2 is 2.04 bits per heavy atom. The van der Waals surface area contributed by atoms with Gasteiger partial charge in [0.2, 0.25) is 0 Å². The quantitative estimate of drug-likeness (QED) is 0.555. The van der Waals surface area contributed by atoms with Gasteiger partial charge in [0.05, 0.1) is 22.0 Å². The summed E-state index contributed by atoms with van der Waals surface area (Å²) in [4.78, 5) is 23.7. The van der Waals surface area contributed by atoms with E-state index in [0.717, 1.165) is 18.2 Å². The number of halogens is 2. The van der Waals surface area contributed by atoms with Crippen LogP contribution in [0.25, 0.3) is 5.69 Å². The number of carbonyl (C=O) groups is 1. The Morgan fingerprint density at radius 3 is 2.73 bits per heavy atom. The molecule has 1 aromatic heterocycles. The molecule has 0 radical (unpaired) electrons. The lowest BCUT2D eigenvalue weighted by Gasteiger charge is -2.04. The van der Waals surface area contributed by atoms with Crippen LogP contribution in [0.4, 0.5) is 15.8 Å². The highest BCUT2D eigenvalue weighted by Gasteiger charge is 2.19. The summed E-state index contributed by atoms with van der Waals surface area (Å²) in [6.07, 6.45) is 0. The lowest BCUT2D eigenvalue weighted by molar-refractivity contribution is -0.384. The zero-order valence-corrected chi connectivity index (χ0v) is 14.1. The van der Waals surface area contributed by atoms with Gasteiger partial charge in [-0.25, -0.2) is 4.39 Å². The monoisotopic (exact) mass is 375 g/mol. The fourth-order valence-electron chi connectivity index (χ4n) is 2.21. The van der Waals surface area contributed by atoms with E-state index in [1.165, 1.54) is 4.80 Å². The van der Waals surface area contributed by atoms with Crippen molar-refractivity contribution in [2.24, 2.45) is 0 Å². The average molecular weight is 376 g/mol. The van der Waals surface area contributed by atoms with E-state index < -0.39 is 16.6 Å². The summed E-state index contributed by atoms with van der Waals surface area (Å²) < 4.78 is 13.8. The molecule has 0 unspecified atom stereocenters. The molecular weight excluding hydrogens is 365 g/mol. The summed E-state index contributed by atoms with van der Waals surface area (Å²) in [6.45, 7) is 1.56. The molecule has 0 spiro atoms. The molecular formula is C16H11ClFN5O3. The predicted molar refractivity (Wildman–Crippen MR) is 92.1 cm³/mol. The summed E-state index contributed by atoms with van der Waals surface area (Å²) in [5.41, 5.74) is 0.132. The van der Waals surface area contributed by atoms with Crippen LogP contribution in [0.3, 0.4) is 0 Å². The molecule has 0 saturated carbocycles. The fourth-order valence-corrected chi connectivity index (χ4v) is 2.39. The van der Waals surface area contributed by atoms with E-state index in [1.54, 1.807) is 31.2 Å². The van der Waals surface area contributed by atoms with Crippen molar-refractivity contribution in [3.63, 3.8) is 0 Å². The van der Waals surface area contributed by atoms with Crippen molar-refractivity contribution in [1.29, 1.82) is 0 Å². The van der Waals surface area contributed by atoms with Gasteiger partial charge in [-0.15, -0.1) is 5.10 Å². The van der Waals surface area contributed by atoms with Crippen molar-refractivity contribution in [3.8, 4) is 5.69 Å². The van der Waals surface area contributed by atoms with E-state index in [2.05, 4.69) is 15.5 Å². The second-order valence-corrected chi connectivity index (χ2v) is 5.72. The maximum Gasteiger partial charge on any atom is 0.278 e. The molecule has 0 atom stereocenters. The average Bonchev–Trinajstić information content (AvgIpc) is 2.98. The van der Waals surface area contributed by atoms with E-state index >= 15 is 0 Å². The second kappa shape index (κ2) is 6.89. The number of non-ortho nitro benzene ring substituents is 1. The molecule has 8 nitrogen and oxygen atoms in total. The van der Waals surface area contributed by atoms with Crippen LogP contribution in [0.15, 0.2) is 42.5 Å². The second-order valence-electron chi connectivity index (χ2n) is 5.28. The molecule has 26 heavy (non-hydrogen) atoms. The van der Waals surface area contributed by atoms with Crippen LogP contribution < -0.4 is 5.32 Å². The van der Waals surface area contributed by atoms with Crippen LogP contribution in [0.5, 0.6) is 0 Å². The zero-order valence-electron chi connectivity index (χ0n) is 13.3. The minimum absolute atomic E-state index is 0.0455. The fraction of sp³-hybridized carbons (Fsp3) is 0.0625. The van der Waals surface area contributed by atoms with Gasteiger partial charge in [-0.05, 0) is 31.2 Å². The Bertz CT molecular complexity index is 1020. The first-order valence-electron chi connectivity index (χ1n) is 7.30. The molecule has 0 aliphatic carbocycles. The number of anilines is 1. The van der Waals surface area contributed by atoms with Crippen LogP contribution in [0.1, 0.15) is 16.2 Å². The van der Waals surface area contributed by atoms with Gasteiger partial charge in [-0.2, -0.15) is 9.90 Å². The normalized spacial score (nSPS) is 10.6. The number of benzene rings is 2. The van der Waals surface area contributed by atoms with Crippen LogP contribution in [0, 0.1) is 22.9 Å². The lowest BCUT2D eigenvalue weighted by Crippen LogP contribution is -2.15. The van der Waals surface area contributed by atoms with Gasteiger partial charge in [-0.3, -0.25) is 14.9 Å². The zero-order chi connectivity index (χ0) is 18.8. The minimum Gasteiger partial charge on any atom is -0.318 e. The molecule has 0 fully saturated rings. The molecule has 1 heterocycles. The largest absolute Gasteiger partial charge is 0.318 e. The highest BCUT2D eigenvalue weighted by Crippen LogP contribution is 2.22. The molecule has 2 aromatic carbocycles. The van der Waals surface area contributed by atoms with Crippen LogP contribution in [-0.2, 0) is 0 Å². The van der Waals surface area contributed by atoms with Crippen molar-refractivity contribution in [2.45, 2.75) is 6.92 Å². The number of aromatic nitrogens is 3. The summed E-state index contributed by atoms with van der Waals surface area (Å²) in [7, 11) is 0. The Balaban J connectivity index is 1.90. The number of amides is 1. The number of carbonyl (C=O) groups excluding carboxylic acids is 1. The van der Waals surface area contributed by atoms with Gasteiger partial charge in [-0.1, -0.05) is 17.7 Å². The van der Waals surface area contributed by atoms with Crippen molar-refractivity contribution in [3.05, 3.63) is 74.8 Å². The number of nitro benzene ring substituents is 1. The number of rotatable bonds is 4. The van der Waals surface area contributed by atoms with Crippen LogP contribution in [0.2, 0.25) is 5.02 Å². The molecule has 132 valence electrons. The first kappa shape index (κ1) is 17.5. The summed E-state index contributed by atoms with van der Waals surface area (Å²) in [5.74, 6) is -1.54. The van der Waals surface area contributed by atoms with Gasteiger partial charge in [0.25, 0.3) is 11.6 Å². The van der Waals surface area contributed by atoms with E-state index in [9.17, 15) is 19.3 Å². The van der Waals surface area contributed by atoms with Gasteiger partial charge < -0.3 is 5.32 Å². The van der Waals surface area contributed by atoms with Crippen LogP contribution in [-0.4, -0.2) is 25.8 Å². The first-order valence-corrected chi connectivity index (χ1v) is 7.68. The maximum absolute atomic E-state index is 13.8. The third-order valence-corrected chi connectivity index (χ3v) is 3.68.